The number of ether oxygens (including phenoxy) is 1. The lowest BCUT2D eigenvalue weighted by Crippen LogP contribution is -2.13. The number of hydrogen-bond acceptors (Lipinski definition) is 6. The number of nitro benzene ring substituents is 1. The van der Waals surface area contributed by atoms with E-state index in [-0.39, 0.29) is 28.3 Å². The third kappa shape index (κ3) is 4.45. The SMILES string of the molecule is Cc1cc(C(F)F)n2ncc(C(=O)Nc3cc(OCC(F)F)cc([N+](=O)[O-])c3)c2n1. The van der Waals surface area contributed by atoms with Crippen molar-refractivity contribution in [3.05, 3.63) is 57.5 Å². The first kappa shape index (κ1) is 21.0. The van der Waals surface area contributed by atoms with Crippen LogP contribution in [-0.2, 0) is 0 Å². The van der Waals surface area contributed by atoms with Crippen LogP contribution in [-0.4, -0.2) is 38.5 Å². The van der Waals surface area contributed by atoms with Gasteiger partial charge in [0.15, 0.2) is 5.65 Å². The minimum atomic E-state index is -2.86. The first-order chi connectivity index (χ1) is 14.2. The van der Waals surface area contributed by atoms with E-state index in [9.17, 15) is 32.5 Å². The molecule has 2 aromatic heterocycles. The van der Waals surface area contributed by atoms with Gasteiger partial charge >= 0.3 is 0 Å². The number of alkyl halides is 4. The average molecular weight is 427 g/mol. The number of aryl methyl sites for hydroxylation is 1. The van der Waals surface area contributed by atoms with Gasteiger partial charge in [-0.15, -0.1) is 0 Å². The monoisotopic (exact) mass is 427 g/mol. The molecule has 0 fully saturated rings. The maximum atomic E-state index is 13.2. The summed E-state index contributed by atoms with van der Waals surface area (Å²) in [4.78, 5) is 26.9. The Labute approximate surface area is 165 Å². The van der Waals surface area contributed by atoms with Crippen molar-refractivity contribution in [2.45, 2.75) is 19.8 Å². The Balaban J connectivity index is 1.95. The van der Waals surface area contributed by atoms with Crippen molar-refractivity contribution in [1.29, 1.82) is 0 Å². The van der Waals surface area contributed by atoms with E-state index < -0.39 is 41.7 Å². The molecule has 0 saturated carbocycles. The molecule has 9 nitrogen and oxygen atoms in total. The molecular formula is C17H13F4N5O4. The number of nitrogens with one attached hydrogen (secondary N) is 1. The van der Waals surface area contributed by atoms with Crippen LogP contribution in [0, 0.1) is 17.0 Å². The summed E-state index contributed by atoms with van der Waals surface area (Å²) in [7, 11) is 0. The molecule has 1 aromatic carbocycles. The van der Waals surface area contributed by atoms with Gasteiger partial charge in [0.05, 0.1) is 22.9 Å². The van der Waals surface area contributed by atoms with Gasteiger partial charge in [-0.3, -0.25) is 14.9 Å². The maximum absolute atomic E-state index is 13.2. The van der Waals surface area contributed by atoms with Crippen molar-refractivity contribution in [3.8, 4) is 5.75 Å². The van der Waals surface area contributed by atoms with E-state index in [4.69, 9.17) is 4.74 Å². The number of halogens is 4. The Kier molecular flexibility index (Phi) is 5.80. The third-order valence-electron chi connectivity index (χ3n) is 3.83. The van der Waals surface area contributed by atoms with Crippen molar-refractivity contribution in [2.75, 3.05) is 11.9 Å². The lowest BCUT2D eigenvalue weighted by Gasteiger charge is -2.09. The van der Waals surface area contributed by atoms with E-state index in [0.717, 1.165) is 35.0 Å². The van der Waals surface area contributed by atoms with Crippen LogP contribution in [0.3, 0.4) is 0 Å². The first-order valence-corrected chi connectivity index (χ1v) is 8.31. The van der Waals surface area contributed by atoms with Gasteiger partial charge in [-0.05, 0) is 13.0 Å². The number of rotatable bonds is 7. The van der Waals surface area contributed by atoms with Crippen molar-refractivity contribution >= 4 is 22.9 Å². The highest BCUT2D eigenvalue weighted by atomic mass is 19.3. The molecule has 3 rings (SSSR count). The third-order valence-corrected chi connectivity index (χ3v) is 3.83. The maximum Gasteiger partial charge on any atom is 0.280 e. The Morgan fingerprint density at radius 3 is 2.63 bits per heavy atom. The smallest absolute Gasteiger partial charge is 0.280 e. The zero-order valence-corrected chi connectivity index (χ0v) is 15.2. The molecule has 2 heterocycles. The van der Waals surface area contributed by atoms with E-state index in [1.54, 1.807) is 0 Å². The number of carbonyl (C=O) groups excluding carboxylic acids is 1. The molecule has 0 unspecified atom stereocenters. The van der Waals surface area contributed by atoms with Crippen LogP contribution in [0.5, 0.6) is 5.75 Å². The molecule has 0 aliphatic carbocycles. The van der Waals surface area contributed by atoms with Crippen molar-refractivity contribution in [3.63, 3.8) is 0 Å². The molecule has 1 N–H and O–H groups in total. The largest absolute Gasteiger partial charge is 0.487 e. The number of nitrogens with zero attached hydrogens (tertiary/aromatic N) is 4. The molecule has 0 bridgehead atoms. The predicted octanol–water partition coefficient (Wildman–Crippen LogP) is 3.78. The van der Waals surface area contributed by atoms with E-state index in [1.165, 1.54) is 6.92 Å². The standard InChI is InChI=1S/C17H13F4N5O4/c1-8-2-13(15(20)21)25-16(23-8)12(6-22-25)17(27)24-9-3-10(26(28)29)5-11(4-9)30-7-14(18)19/h2-6,14-15H,7H2,1H3,(H,24,27). The van der Waals surface area contributed by atoms with Crippen molar-refractivity contribution in [1.82, 2.24) is 14.6 Å². The van der Waals surface area contributed by atoms with E-state index in [1.807, 2.05) is 0 Å². The number of carbonyl (C=O) groups is 1. The van der Waals surface area contributed by atoms with Gasteiger partial charge in [-0.25, -0.2) is 27.1 Å². The van der Waals surface area contributed by atoms with Crippen LogP contribution >= 0.6 is 0 Å². The van der Waals surface area contributed by atoms with Crippen LogP contribution in [0.15, 0.2) is 30.5 Å². The zero-order valence-electron chi connectivity index (χ0n) is 15.2. The lowest BCUT2D eigenvalue weighted by molar-refractivity contribution is -0.384. The summed E-state index contributed by atoms with van der Waals surface area (Å²) >= 11 is 0. The van der Waals surface area contributed by atoms with Gasteiger partial charge in [0.25, 0.3) is 24.4 Å². The Morgan fingerprint density at radius 2 is 2.00 bits per heavy atom. The van der Waals surface area contributed by atoms with E-state index >= 15 is 0 Å². The van der Waals surface area contributed by atoms with Gasteiger partial charge in [0, 0.05) is 17.8 Å². The second-order valence-electron chi connectivity index (χ2n) is 6.05. The summed E-state index contributed by atoms with van der Waals surface area (Å²) < 4.78 is 56.7. The summed E-state index contributed by atoms with van der Waals surface area (Å²) in [6, 6.07) is 4.15. The van der Waals surface area contributed by atoms with E-state index in [0.29, 0.717) is 0 Å². The Bertz CT molecular complexity index is 1120. The fourth-order valence-corrected chi connectivity index (χ4v) is 2.63. The number of benzene rings is 1. The fraction of sp³-hybridized carbons (Fsp3) is 0.235. The summed E-state index contributed by atoms with van der Waals surface area (Å²) in [6.45, 7) is 0.468. The van der Waals surface area contributed by atoms with Crippen molar-refractivity contribution < 1.29 is 32.0 Å². The Morgan fingerprint density at radius 1 is 1.27 bits per heavy atom. The number of non-ortho nitro benzene ring substituents is 1. The minimum Gasteiger partial charge on any atom is -0.487 e. The zero-order chi connectivity index (χ0) is 22.0. The molecular weight excluding hydrogens is 414 g/mol. The molecule has 1 amide bonds. The highest BCUT2D eigenvalue weighted by molar-refractivity contribution is 6.08. The number of nitro groups is 1. The highest BCUT2D eigenvalue weighted by Gasteiger charge is 2.21. The molecule has 0 spiro atoms. The number of anilines is 1. The molecule has 0 saturated heterocycles. The van der Waals surface area contributed by atoms with Gasteiger partial charge < -0.3 is 10.1 Å². The number of fused-ring (bicyclic) bond motifs is 1. The summed E-state index contributed by atoms with van der Waals surface area (Å²) in [5.41, 5.74) is -1.17. The van der Waals surface area contributed by atoms with Gasteiger partial charge in [-0.1, -0.05) is 0 Å². The van der Waals surface area contributed by atoms with Crippen LogP contribution in [0.2, 0.25) is 0 Å². The summed E-state index contributed by atoms with van der Waals surface area (Å²) in [6.07, 6.45) is -4.65. The molecule has 3 aromatic rings. The average Bonchev–Trinajstić information content (AvgIpc) is 3.09. The van der Waals surface area contributed by atoms with Crippen LogP contribution in [0.4, 0.5) is 28.9 Å². The second-order valence-corrected chi connectivity index (χ2v) is 6.05. The molecule has 0 aliphatic heterocycles. The van der Waals surface area contributed by atoms with Crippen LogP contribution in [0.25, 0.3) is 5.65 Å². The van der Waals surface area contributed by atoms with Crippen LogP contribution < -0.4 is 10.1 Å². The fourth-order valence-electron chi connectivity index (χ4n) is 2.63. The minimum absolute atomic E-state index is 0.125. The summed E-state index contributed by atoms with van der Waals surface area (Å²) in [5.74, 6) is -1.10. The predicted molar refractivity (Wildman–Crippen MR) is 95.2 cm³/mol. The number of aromatic nitrogens is 3. The topological polar surface area (TPSA) is 112 Å². The van der Waals surface area contributed by atoms with Crippen molar-refractivity contribution in [2.24, 2.45) is 0 Å². The molecule has 158 valence electrons. The highest BCUT2D eigenvalue weighted by Crippen LogP contribution is 2.27. The number of hydrogen-bond donors (Lipinski definition) is 1. The number of amides is 1. The van der Waals surface area contributed by atoms with E-state index in [2.05, 4.69) is 15.4 Å². The molecule has 0 radical (unpaired) electrons. The quantitative estimate of drug-likeness (QED) is 0.349. The normalized spacial score (nSPS) is 11.3. The first-order valence-electron chi connectivity index (χ1n) is 8.31. The second kappa shape index (κ2) is 8.31. The molecule has 30 heavy (non-hydrogen) atoms. The molecule has 13 heteroatoms. The van der Waals surface area contributed by atoms with Crippen LogP contribution in [0.1, 0.15) is 28.2 Å². The lowest BCUT2D eigenvalue weighted by atomic mass is 10.2. The van der Waals surface area contributed by atoms with Gasteiger partial charge in [-0.2, -0.15) is 5.10 Å². The molecule has 0 atom stereocenters. The Hall–Kier alpha value is -3.77. The van der Waals surface area contributed by atoms with Gasteiger partial charge in [0.2, 0.25) is 0 Å². The van der Waals surface area contributed by atoms with Gasteiger partial charge in [0.1, 0.15) is 23.6 Å². The molecule has 0 aliphatic rings. The summed E-state index contributed by atoms with van der Waals surface area (Å²) in [5, 5.41) is 17.2.